The van der Waals surface area contributed by atoms with Gasteiger partial charge in [0.15, 0.2) is 5.82 Å². The van der Waals surface area contributed by atoms with Crippen LogP contribution in [0.2, 0.25) is 0 Å². The number of hydrogen-bond acceptors (Lipinski definition) is 5. The van der Waals surface area contributed by atoms with E-state index < -0.39 is 0 Å². The van der Waals surface area contributed by atoms with E-state index in [1.807, 2.05) is 19.2 Å². The molecule has 0 bridgehead atoms. The van der Waals surface area contributed by atoms with Crippen molar-refractivity contribution in [1.29, 1.82) is 0 Å². The van der Waals surface area contributed by atoms with E-state index in [2.05, 4.69) is 33.7 Å². The lowest BCUT2D eigenvalue weighted by atomic mass is 9.98. The van der Waals surface area contributed by atoms with Gasteiger partial charge in [0.1, 0.15) is 18.0 Å². The quantitative estimate of drug-likeness (QED) is 0.299. The number of fused-ring (bicyclic) bond motifs is 1. The lowest BCUT2D eigenvalue weighted by molar-refractivity contribution is 0.0996. The predicted octanol–water partition coefficient (Wildman–Crippen LogP) is 6.00. The molecule has 2 fully saturated rings. The van der Waals surface area contributed by atoms with Crippen molar-refractivity contribution in [3.63, 3.8) is 0 Å². The summed E-state index contributed by atoms with van der Waals surface area (Å²) in [5.41, 5.74) is 6.26. The second kappa shape index (κ2) is 10.2. The number of rotatable bonds is 8. The van der Waals surface area contributed by atoms with Gasteiger partial charge in [-0.05, 0) is 90.7 Å². The van der Waals surface area contributed by atoms with Crippen molar-refractivity contribution in [2.75, 3.05) is 11.4 Å². The number of carbonyl (C=O) groups excluding carboxylic acids is 1. The number of anilines is 1. The van der Waals surface area contributed by atoms with Crippen molar-refractivity contribution < 1.29 is 9.18 Å². The first-order chi connectivity index (χ1) is 19.5. The Morgan fingerprint density at radius 3 is 2.60 bits per heavy atom. The zero-order valence-corrected chi connectivity index (χ0v) is 22.7. The Kier molecular flexibility index (Phi) is 6.42. The third-order valence-electron chi connectivity index (χ3n) is 8.56. The highest BCUT2D eigenvalue weighted by atomic mass is 19.1. The predicted molar refractivity (Wildman–Crippen MR) is 152 cm³/mol. The Bertz CT molecular complexity index is 1590. The lowest BCUT2D eigenvalue weighted by Crippen LogP contribution is -2.24. The van der Waals surface area contributed by atoms with Crippen molar-refractivity contribution in [2.45, 2.75) is 57.5 Å². The molecule has 204 valence electrons. The number of halogens is 1. The number of carbonyl (C=O) groups is 1. The molecule has 1 amide bonds. The van der Waals surface area contributed by atoms with Gasteiger partial charge in [0.05, 0.1) is 6.54 Å². The van der Waals surface area contributed by atoms with Crippen molar-refractivity contribution in [1.82, 2.24) is 25.1 Å². The average molecular weight is 537 g/mol. The standard InChI is InChI=1S/C32H33FN6O/c1-38-19-35-37-31(38)28-15-25(33)10-11-26(28)24-13-29(22-8-9-22)36-30(14-24)39-18-23-7-6-21(12-27(23)32(39)40)17-34-16-20-4-2-3-5-20/h6-7,10-15,19-20,22,34H,2-5,8-9,16-18H2,1H3. The van der Waals surface area contributed by atoms with Crippen LogP contribution in [-0.4, -0.2) is 32.2 Å². The lowest BCUT2D eigenvalue weighted by Gasteiger charge is -2.18. The molecule has 1 aliphatic heterocycles. The molecule has 3 aliphatic rings. The van der Waals surface area contributed by atoms with Gasteiger partial charge in [-0.3, -0.25) is 9.69 Å². The van der Waals surface area contributed by atoms with Crippen LogP contribution >= 0.6 is 0 Å². The molecule has 0 saturated heterocycles. The molecule has 0 radical (unpaired) electrons. The van der Waals surface area contributed by atoms with Crippen LogP contribution in [-0.2, 0) is 20.1 Å². The number of amides is 1. The van der Waals surface area contributed by atoms with Crippen molar-refractivity contribution >= 4 is 11.7 Å². The van der Waals surface area contributed by atoms with Gasteiger partial charge in [0.2, 0.25) is 0 Å². The molecular weight excluding hydrogens is 503 g/mol. The SMILES string of the molecule is Cn1cnnc1-c1cc(F)ccc1-c1cc(C2CC2)nc(N2Cc3ccc(CNCC4CCCC4)cc3C2=O)c1. The maximum Gasteiger partial charge on any atom is 0.260 e. The molecule has 2 aliphatic carbocycles. The summed E-state index contributed by atoms with van der Waals surface area (Å²) in [7, 11) is 1.84. The van der Waals surface area contributed by atoms with E-state index in [1.54, 1.807) is 21.9 Å². The molecule has 2 aromatic carbocycles. The first kappa shape index (κ1) is 25.1. The van der Waals surface area contributed by atoms with Gasteiger partial charge in [0.25, 0.3) is 5.91 Å². The number of hydrogen-bond donors (Lipinski definition) is 1. The Balaban J connectivity index is 1.19. The normalized spacial score (nSPS) is 17.1. The topological polar surface area (TPSA) is 75.9 Å². The molecule has 2 aromatic heterocycles. The maximum absolute atomic E-state index is 14.4. The van der Waals surface area contributed by atoms with E-state index in [-0.39, 0.29) is 11.7 Å². The molecule has 7 nitrogen and oxygen atoms in total. The zero-order chi connectivity index (χ0) is 27.2. The third kappa shape index (κ3) is 4.81. The molecular formula is C32H33FN6O. The van der Waals surface area contributed by atoms with Crippen LogP contribution in [0.15, 0.2) is 54.9 Å². The monoisotopic (exact) mass is 536 g/mol. The highest BCUT2D eigenvalue weighted by Gasteiger charge is 2.32. The van der Waals surface area contributed by atoms with Gasteiger partial charge in [-0.15, -0.1) is 10.2 Å². The number of nitrogens with zero attached hydrogens (tertiary/aromatic N) is 5. The van der Waals surface area contributed by atoms with E-state index in [1.165, 1.54) is 37.8 Å². The molecule has 4 aromatic rings. The molecule has 0 atom stereocenters. The summed E-state index contributed by atoms with van der Waals surface area (Å²) in [6.45, 7) is 2.30. The molecule has 2 saturated carbocycles. The first-order valence-electron chi connectivity index (χ1n) is 14.3. The summed E-state index contributed by atoms with van der Waals surface area (Å²) in [5.74, 6) is 2.02. The largest absolute Gasteiger partial charge is 0.317 e. The van der Waals surface area contributed by atoms with Crippen LogP contribution in [0.5, 0.6) is 0 Å². The first-order valence-corrected chi connectivity index (χ1v) is 14.3. The van der Waals surface area contributed by atoms with Crippen molar-refractivity contribution in [3.8, 4) is 22.5 Å². The number of benzene rings is 2. The van der Waals surface area contributed by atoms with E-state index in [0.717, 1.165) is 65.4 Å². The highest BCUT2D eigenvalue weighted by Crippen LogP contribution is 2.43. The van der Waals surface area contributed by atoms with E-state index >= 15 is 0 Å². The van der Waals surface area contributed by atoms with Crippen LogP contribution in [0.1, 0.15) is 71.6 Å². The van der Waals surface area contributed by atoms with Crippen LogP contribution in [0, 0.1) is 11.7 Å². The van der Waals surface area contributed by atoms with Crippen LogP contribution in [0.25, 0.3) is 22.5 Å². The van der Waals surface area contributed by atoms with Gasteiger partial charge >= 0.3 is 0 Å². The highest BCUT2D eigenvalue weighted by molar-refractivity contribution is 6.10. The van der Waals surface area contributed by atoms with Gasteiger partial charge in [-0.1, -0.05) is 31.0 Å². The van der Waals surface area contributed by atoms with Crippen molar-refractivity contribution in [3.05, 3.63) is 83.1 Å². The van der Waals surface area contributed by atoms with Gasteiger partial charge in [-0.25, -0.2) is 9.37 Å². The van der Waals surface area contributed by atoms with Crippen LogP contribution < -0.4 is 10.2 Å². The molecule has 0 unspecified atom stereocenters. The molecule has 0 spiro atoms. The van der Waals surface area contributed by atoms with Crippen LogP contribution in [0.4, 0.5) is 10.2 Å². The fourth-order valence-corrected chi connectivity index (χ4v) is 6.18. The van der Waals surface area contributed by atoms with Gasteiger partial charge < -0.3 is 9.88 Å². The molecule has 1 N–H and O–H groups in total. The average Bonchev–Trinajstić information content (AvgIpc) is 3.35. The van der Waals surface area contributed by atoms with Crippen molar-refractivity contribution in [2.24, 2.45) is 13.0 Å². The maximum atomic E-state index is 14.4. The fraction of sp³-hybridized carbons (Fsp3) is 0.375. The van der Waals surface area contributed by atoms with Crippen LogP contribution in [0.3, 0.4) is 0 Å². The Morgan fingerprint density at radius 1 is 0.975 bits per heavy atom. The summed E-state index contributed by atoms with van der Waals surface area (Å²) >= 11 is 0. The summed E-state index contributed by atoms with van der Waals surface area (Å²) < 4.78 is 16.2. The molecule has 40 heavy (non-hydrogen) atoms. The number of aromatic nitrogens is 4. The second-order valence-corrected chi connectivity index (χ2v) is 11.5. The second-order valence-electron chi connectivity index (χ2n) is 11.5. The molecule has 7 rings (SSSR count). The van der Waals surface area contributed by atoms with E-state index in [9.17, 15) is 9.18 Å². The van der Waals surface area contributed by atoms with E-state index in [0.29, 0.717) is 29.7 Å². The zero-order valence-electron chi connectivity index (χ0n) is 22.7. The Morgan fingerprint density at radius 2 is 1.82 bits per heavy atom. The fourth-order valence-electron chi connectivity index (χ4n) is 6.18. The summed E-state index contributed by atoms with van der Waals surface area (Å²) in [4.78, 5) is 20.5. The smallest absolute Gasteiger partial charge is 0.260 e. The number of nitrogens with one attached hydrogen (secondary N) is 1. The summed E-state index contributed by atoms with van der Waals surface area (Å²) in [6.07, 6.45) is 9.10. The van der Waals surface area contributed by atoms with E-state index in [4.69, 9.17) is 4.98 Å². The number of pyridine rings is 1. The molecule has 3 heterocycles. The Hall–Kier alpha value is -3.91. The summed E-state index contributed by atoms with van der Waals surface area (Å²) in [5, 5.41) is 11.8. The van der Waals surface area contributed by atoms with Gasteiger partial charge in [0, 0.05) is 36.3 Å². The minimum absolute atomic E-state index is 0.0216. The Labute approximate surface area is 233 Å². The third-order valence-corrected chi connectivity index (χ3v) is 8.56. The number of aryl methyl sites for hydroxylation is 1. The molecule has 8 heteroatoms. The summed E-state index contributed by atoms with van der Waals surface area (Å²) in [6, 6.07) is 15.0. The minimum atomic E-state index is -0.336. The van der Waals surface area contributed by atoms with Gasteiger partial charge in [-0.2, -0.15) is 0 Å². The minimum Gasteiger partial charge on any atom is -0.317 e.